The van der Waals surface area contributed by atoms with Crippen LogP contribution in [0, 0.1) is 0 Å². The lowest BCUT2D eigenvalue weighted by atomic mass is 10.1. The van der Waals surface area contributed by atoms with Crippen LogP contribution in [-0.2, 0) is 9.84 Å². The summed E-state index contributed by atoms with van der Waals surface area (Å²) in [7, 11) is -3.64. The van der Waals surface area contributed by atoms with E-state index in [1.165, 1.54) is 24.3 Å². The van der Waals surface area contributed by atoms with Crippen molar-refractivity contribution in [1.29, 1.82) is 0 Å². The maximum absolute atomic E-state index is 12.8. The molecule has 1 saturated carbocycles. The molecule has 1 aliphatic rings. The Labute approximate surface area is 134 Å². The fourth-order valence-electron chi connectivity index (χ4n) is 3.00. The second-order valence-corrected chi connectivity index (χ2v) is 8.08. The van der Waals surface area contributed by atoms with Crippen molar-refractivity contribution in [3.8, 4) is 0 Å². The van der Waals surface area contributed by atoms with Crippen LogP contribution in [0.3, 0.4) is 0 Å². The number of nitrogens with two attached hydrogens (primary N) is 1. The van der Waals surface area contributed by atoms with Gasteiger partial charge in [-0.1, -0.05) is 41.9 Å². The lowest BCUT2D eigenvalue weighted by Crippen LogP contribution is -2.35. The number of benzene rings is 2. The number of hydrogen-bond acceptors (Lipinski definition) is 4. The molecule has 116 valence electrons. The van der Waals surface area contributed by atoms with Crippen molar-refractivity contribution in [2.24, 2.45) is 5.73 Å². The molecule has 0 bridgehead atoms. The van der Waals surface area contributed by atoms with Crippen LogP contribution >= 0.6 is 11.6 Å². The Hall–Kier alpha value is -1.40. The van der Waals surface area contributed by atoms with Crippen molar-refractivity contribution in [3.05, 3.63) is 65.2 Å². The summed E-state index contributed by atoms with van der Waals surface area (Å²) >= 11 is 5.81. The van der Waals surface area contributed by atoms with Crippen molar-refractivity contribution in [2.75, 3.05) is 6.61 Å². The molecule has 0 radical (unpaired) electrons. The molecule has 0 heterocycles. The molecule has 0 aliphatic heterocycles. The molecule has 0 unspecified atom stereocenters. The second-order valence-electron chi connectivity index (χ2n) is 5.58. The molecule has 22 heavy (non-hydrogen) atoms. The van der Waals surface area contributed by atoms with Gasteiger partial charge in [0.25, 0.3) is 0 Å². The molecule has 6 heteroatoms. The van der Waals surface area contributed by atoms with Crippen LogP contribution in [0.25, 0.3) is 0 Å². The van der Waals surface area contributed by atoms with E-state index in [2.05, 4.69) is 0 Å². The third kappa shape index (κ3) is 2.34. The molecule has 2 aromatic carbocycles. The number of sulfone groups is 1. The van der Waals surface area contributed by atoms with Gasteiger partial charge in [0.05, 0.1) is 22.3 Å². The topological polar surface area (TPSA) is 80.4 Å². The van der Waals surface area contributed by atoms with Gasteiger partial charge in [0, 0.05) is 10.9 Å². The van der Waals surface area contributed by atoms with Crippen molar-refractivity contribution in [2.45, 2.75) is 21.6 Å². The monoisotopic (exact) mass is 337 g/mol. The third-order valence-corrected chi connectivity index (χ3v) is 6.77. The highest BCUT2D eigenvalue weighted by molar-refractivity contribution is 7.92. The number of rotatable bonds is 4. The predicted molar refractivity (Wildman–Crippen MR) is 85.6 cm³/mol. The van der Waals surface area contributed by atoms with E-state index in [1.54, 1.807) is 0 Å². The van der Waals surface area contributed by atoms with E-state index in [0.29, 0.717) is 5.02 Å². The third-order valence-electron chi connectivity index (χ3n) is 4.21. The van der Waals surface area contributed by atoms with Gasteiger partial charge in [0.15, 0.2) is 9.84 Å². The smallest absolute Gasteiger partial charge is 0.183 e. The molecule has 2 aromatic rings. The Morgan fingerprint density at radius 3 is 2.23 bits per heavy atom. The summed E-state index contributed by atoms with van der Waals surface area (Å²) in [4.78, 5) is 0.170. The number of halogens is 1. The zero-order valence-corrected chi connectivity index (χ0v) is 13.3. The lowest BCUT2D eigenvalue weighted by Gasteiger charge is -2.08. The molecular weight excluding hydrogens is 322 g/mol. The summed E-state index contributed by atoms with van der Waals surface area (Å²) in [6, 6.07) is 15.2. The first-order chi connectivity index (χ1) is 10.4. The summed E-state index contributed by atoms with van der Waals surface area (Å²) in [6.07, 6.45) is 0. The first-order valence-corrected chi connectivity index (χ1v) is 8.78. The number of hydrogen-bond donors (Lipinski definition) is 2. The predicted octanol–water partition coefficient (Wildman–Crippen LogP) is 1.97. The van der Waals surface area contributed by atoms with E-state index >= 15 is 0 Å². The molecule has 4 nitrogen and oxygen atoms in total. The summed E-state index contributed by atoms with van der Waals surface area (Å²) in [5.74, 6) is -0.417. The molecule has 1 aliphatic carbocycles. The van der Waals surface area contributed by atoms with Gasteiger partial charge in [-0.25, -0.2) is 8.42 Å². The fourth-order valence-corrected chi connectivity index (χ4v) is 5.42. The Bertz CT molecular complexity index is 777. The van der Waals surface area contributed by atoms with Crippen LogP contribution in [-0.4, -0.2) is 30.9 Å². The van der Waals surface area contributed by atoms with Gasteiger partial charge in [0.2, 0.25) is 0 Å². The van der Waals surface area contributed by atoms with Crippen molar-refractivity contribution in [1.82, 2.24) is 0 Å². The van der Waals surface area contributed by atoms with Crippen LogP contribution in [0.1, 0.15) is 11.5 Å². The summed E-state index contributed by atoms with van der Waals surface area (Å²) in [6.45, 7) is -0.385. The average Bonchev–Trinajstić information content (AvgIpc) is 3.16. The minimum Gasteiger partial charge on any atom is -0.394 e. The maximum atomic E-state index is 12.8. The van der Waals surface area contributed by atoms with E-state index in [0.717, 1.165) is 5.56 Å². The number of aliphatic hydroxyl groups is 1. The first kappa shape index (κ1) is 15.5. The number of aliphatic hydroxyl groups excluding tert-OH is 1. The normalized spacial score (nSPS) is 27.6. The molecule has 3 N–H and O–H groups in total. The SMILES string of the molecule is N[C@]1(CO)[C@@H](c2ccccc2)[C@@H]1S(=O)(=O)c1ccc(Cl)cc1. The van der Waals surface area contributed by atoms with Gasteiger partial charge < -0.3 is 10.8 Å². The molecule has 1 fully saturated rings. The lowest BCUT2D eigenvalue weighted by molar-refractivity contribution is 0.253. The van der Waals surface area contributed by atoms with Gasteiger partial charge in [-0.15, -0.1) is 0 Å². The summed E-state index contributed by atoms with van der Waals surface area (Å²) < 4.78 is 25.7. The Balaban J connectivity index is 2.01. The van der Waals surface area contributed by atoms with E-state index in [-0.39, 0.29) is 11.5 Å². The van der Waals surface area contributed by atoms with E-state index in [4.69, 9.17) is 17.3 Å². The molecule has 0 amide bonds. The Morgan fingerprint density at radius 1 is 1.09 bits per heavy atom. The quantitative estimate of drug-likeness (QED) is 0.893. The van der Waals surface area contributed by atoms with E-state index < -0.39 is 26.5 Å². The zero-order valence-electron chi connectivity index (χ0n) is 11.7. The Kier molecular flexibility index (Phi) is 3.77. The van der Waals surface area contributed by atoms with Gasteiger partial charge in [0.1, 0.15) is 0 Å². The van der Waals surface area contributed by atoms with Crippen LogP contribution in [0.5, 0.6) is 0 Å². The van der Waals surface area contributed by atoms with Gasteiger partial charge >= 0.3 is 0 Å². The molecule has 3 atom stereocenters. The summed E-state index contributed by atoms with van der Waals surface area (Å²) in [5, 5.41) is 9.24. The molecular formula is C16H16ClNO3S. The van der Waals surface area contributed by atoms with E-state index in [9.17, 15) is 13.5 Å². The van der Waals surface area contributed by atoms with Crippen molar-refractivity contribution in [3.63, 3.8) is 0 Å². The first-order valence-electron chi connectivity index (χ1n) is 6.85. The molecule has 0 saturated heterocycles. The highest BCUT2D eigenvalue weighted by Gasteiger charge is 2.68. The average molecular weight is 338 g/mol. The summed E-state index contributed by atoms with van der Waals surface area (Å²) in [5.41, 5.74) is 5.83. The highest BCUT2D eigenvalue weighted by atomic mass is 35.5. The van der Waals surface area contributed by atoms with Crippen LogP contribution in [0.2, 0.25) is 5.02 Å². The molecule has 3 rings (SSSR count). The van der Waals surface area contributed by atoms with Gasteiger partial charge in [-0.2, -0.15) is 0 Å². The van der Waals surface area contributed by atoms with Gasteiger partial charge in [-0.05, 0) is 29.8 Å². The highest BCUT2D eigenvalue weighted by Crippen LogP contribution is 2.55. The zero-order chi connectivity index (χ0) is 16.0. The Morgan fingerprint density at radius 2 is 1.68 bits per heavy atom. The van der Waals surface area contributed by atoms with Gasteiger partial charge in [-0.3, -0.25) is 0 Å². The standard InChI is InChI=1S/C16H16ClNO3S/c17-12-6-8-13(9-7-12)22(20,21)15-14(16(15,18)10-19)11-4-2-1-3-5-11/h1-9,14-15,19H,10,18H2/t14-,15-,16+/m0/s1. The molecule has 0 spiro atoms. The van der Waals surface area contributed by atoms with Crippen LogP contribution in [0.15, 0.2) is 59.5 Å². The van der Waals surface area contributed by atoms with Crippen LogP contribution < -0.4 is 5.73 Å². The molecule has 0 aromatic heterocycles. The minimum absolute atomic E-state index is 0.170. The largest absolute Gasteiger partial charge is 0.394 e. The van der Waals surface area contributed by atoms with Crippen LogP contribution in [0.4, 0.5) is 0 Å². The van der Waals surface area contributed by atoms with Crippen molar-refractivity contribution < 1.29 is 13.5 Å². The maximum Gasteiger partial charge on any atom is 0.183 e. The fraction of sp³-hybridized carbons (Fsp3) is 0.250. The van der Waals surface area contributed by atoms with Crippen molar-refractivity contribution >= 4 is 21.4 Å². The minimum atomic E-state index is -3.64. The van der Waals surface area contributed by atoms with E-state index in [1.807, 2.05) is 30.3 Å². The second kappa shape index (κ2) is 5.35.